The molecule has 1 aliphatic rings. The highest BCUT2D eigenvalue weighted by molar-refractivity contribution is 5.85. The summed E-state index contributed by atoms with van der Waals surface area (Å²) in [5, 5.41) is 6.37. The van der Waals surface area contributed by atoms with Crippen molar-refractivity contribution in [2.75, 3.05) is 36.4 Å². The van der Waals surface area contributed by atoms with Crippen molar-refractivity contribution in [2.24, 2.45) is 0 Å². The van der Waals surface area contributed by atoms with Gasteiger partial charge in [-0.05, 0) is 32.9 Å². The number of imidazole rings is 1. The van der Waals surface area contributed by atoms with Gasteiger partial charge in [0, 0.05) is 32.2 Å². The first kappa shape index (κ1) is 23.7. The van der Waals surface area contributed by atoms with Gasteiger partial charge in [-0.3, -0.25) is 0 Å². The summed E-state index contributed by atoms with van der Waals surface area (Å²) >= 11 is 0. The van der Waals surface area contributed by atoms with E-state index in [-0.39, 0.29) is 35.9 Å². The number of hydrogen-bond donors (Lipinski definition) is 2. The maximum atomic E-state index is 14.6. The van der Waals surface area contributed by atoms with Crippen molar-refractivity contribution in [3.63, 3.8) is 0 Å². The van der Waals surface area contributed by atoms with Crippen LogP contribution in [0.4, 0.5) is 21.8 Å². The standard InChI is InChI=1S/C22H25FN10.ClH/c1-13(2)33-14(3)28-17-12-26-20(31-21(17)33)19-16(23)11-27-22(30-19)29-18-5-4-15(10-25-18)32-8-6-24-7-9-32;/h4-5,10-13,24H,6-9H2,1-3H3,(H,25,27,29,30);1H. The molecule has 0 saturated carbocycles. The van der Waals surface area contributed by atoms with Crippen molar-refractivity contribution in [3.05, 3.63) is 42.4 Å². The second-order valence-electron chi connectivity index (χ2n) is 8.18. The second-order valence-corrected chi connectivity index (χ2v) is 8.18. The Balaban J connectivity index is 0.00000274. The highest BCUT2D eigenvalue weighted by Gasteiger charge is 2.18. The number of piperazine rings is 1. The number of hydrogen-bond acceptors (Lipinski definition) is 9. The Hall–Kier alpha value is -3.44. The van der Waals surface area contributed by atoms with E-state index in [1.165, 1.54) is 0 Å². The summed E-state index contributed by atoms with van der Waals surface area (Å²) in [5.41, 5.74) is 2.37. The molecule has 178 valence electrons. The van der Waals surface area contributed by atoms with Crippen LogP contribution in [0.15, 0.2) is 30.7 Å². The summed E-state index contributed by atoms with van der Waals surface area (Å²) in [7, 11) is 0. The van der Waals surface area contributed by atoms with Gasteiger partial charge in [0.2, 0.25) is 5.95 Å². The van der Waals surface area contributed by atoms with Crippen molar-refractivity contribution in [1.82, 2.24) is 39.8 Å². The summed E-state index contributed by atoms with van der Waals surface area (Å²) in [6, 6.07) is 4.01. The lowest BCUT2D eigenvalue weighted by molar-refractivity contribution is 0.589. The molecule has 1 aliphatic heterocycles. The summed E-state index contributed by atoms with van der Waals surface area (Å²) in [6.45, 7) is 9.80. The first-order chi connectivity index (χ1) is 16.0. The van der Waals surface area contributed by atoms with Crippen LogP contribution in [0.1, 0.15) is 25.7 Å². The molecule has 4 aromatic heterocycles. The van der Waals surface area contributed by atoms with Crippen molar-refractivity contribution >= 4 is 41.0 Å². The number of anilines is 3. The molecule has 0 radical (unpaired) electrons. The molecule has 12 heteroatoms. The van der Waals surface area contributed by atoms with Gasteiger partial charge < -0.3 is 20.1 Å². The number of fused-ring (bicyclic) bond motifs is 1. The number of aromatic nitrogens is 7. The number of pyridine rings is 1. The maximum absolute atomic E-state index is 14.6. The molecule has 4 aromatic rings. The first-order valence-corrected chi connectivity index (χ1v) is 10.9. The zero-order chi connectivity index (χ0) is 22.9. The molecular weight excluding hydrogens is 459 g/mol. The van der Waals surface area contributed by atoms with Crippen LogP contribution >= 0.6 is 12.4 Å². The minimum atomic E-state index is -0.603. The number of nitrogens with one attached hydrogen (secondary N) is 2. The molecule has 1 saturated heterocycles. The predicted octanol–water partition coefficient (Wildman–Crippen LogP) is 3.28. The average molecular weight is 485 g/mol. The largest absolute Gasteiger partial charge is 0.368 e. The second kappa shape index (κ2) is 9.82. The van der Waals surface area contributed by atoms with Crippen LogP contribution in [0, 0.1) is 12.7 Å². The molecule has 0 amide bonds. The van der Waals surface area contributed by atoms with Crippen LogP contribution in [0.5, 0.6) is 0 Å². The number of halogens is 2. The van der Waals surface area contributed by atoms with Gasteiger partial charge in [-0.1, -0.05) is 0 Å². The quantitative estimate of drug-likeness (QED) is 0.441. The van der Waals surface area contributed by atoms with Gasteiger partial charge in [0.15, 0.2) is 17.3 Å². The van der Waals surface area contributed by atoms with E-state index < -0.39 is 5.82 Å². The molecule has 0 atom stereocenters. The van der Waals surface area contributed by atoms with E-state index in [2.05, 4.69) is 45.4 Å². The number of nitrogens with zero attached hydrogens (tertiary/aromatic N) is 8. The Labute approximate surface area is 202 Å². The molecule has 5 rings (SSSR count). The van der Waals surface area contributed by atoms with E-state index in [1.54, 1.807) is 6.20 Å². The summed E-state index contributed by atoms with van der Waals surface area (Å²) in [5.74, 6) is 1.18. The average Bonchev–Trinajstić information content (AvgIpc) is 3.16. The Bertz CT molecular complexity index is 1290. The van der Waals surface area contributed by atoms with E-state index in [9.17, 15) is 4.39 Å². The lowest BCUT2D eigenvalue weighted by Gasteiger charge is -2.29. The van der Waals surface area contributed by atoms with Crippen LogP contribution in [-0.4, -0.2) is 60.6 Å². The van der Waals surface area contributed by atoms with Gasteiger partial charge in [-0.15, -0.1) is 12.4 Å². The van der Waals surface area contributed by atoms with Crippen molar-refractivity contribution in [1.29, 1.82) is 0 Å². The van der Waals surface area contributed by atoms with Crippen LogP contribution in [0.3, 0.4) is 0 Å². The fourth-order valence-electron chi connectivity index (χ4n) is 4.01. The molecule has 1 fully saturated rings. The third-order valence-electron chi connectivity index (χ3n) is 5.55. The van der Waals surface area contributed by atoms with Crippen LogP contribution in [0.25, 0.3) is 22.7 Å². The fourth-order valence-corrected chi connectivity index (χ4v) is 4.01. The Kier molecular flexibility index (Phi) is 6.85. The number of aryl methyl sites for hydroxylation is 1. The minimum Gasteiger partial charge on any atom is -0.368 e. The van der Waals surface area contributed by atoms with Gasteiger partial charge in [-0.2, -0.15) is 0 Å². The smallest absolute Gasteiger partial charge is 0.229 e. The van der Waals surface area contributed by atoms with E-state index in [4.69, 9.17) is 0 Å². The molecule has 0 bridgehead atoms. The molecule has 0 unspecified atom stereocenters. The summed E-state index contributed by atoms with van der Waals surface area (Å²) in [6.07, 6.45) is 4.51. The summed E-state index contributed by atoms with van der Waals surface area (Å²) < 4.78 is 16.6. The SMILES string of the molecule is Cc1nc2cnc(-c3nc(Nc4ccc(N5CCNCC5)cn4)ncc3F)nc2n1C(C)C.Cl. The Morgan fingerprint density at radius 3 is 2.50 bits per heavy atom. The molecule has 5 heterocycles. The zero-order valence-electron chi connectivity index (χ0n) is 19.2. The zero-order valence-corrected chi connectivity index (χ0v) is 20.0. The molecule has 0 aromatic carbocycles. The molecule has 0 spiro atoms. The Morgan fingerprint density at radius 2 is 1.79 bits per heavy atom. The van der Waals surface area contributed by atoms with E-state index in [1.807, 2.05) is 43.7 Å². The third kappa shape index (κ3) is 4.62. The van der Waals surface area contributed by atoms with Gasteiger partial charge in [0.25, 0.3) is 0 Å². The Morgan fingerprint density at radius 1 is 1.00 bits per heavy atom. The van der Waals surface area contributed by atoms with Crippen LogP contribution in [-0.2, 0) is 0 Å². The topological polar surface area (TPSA) is 110 Å². The van der Waals surface area contributed by atoms with Crippen molar-refractivity contribution in [3.8, 4) is 11.5 Å². The molecular formula is C22H26ClFN10. The normalized spacial score (nSPS) is 13.9. The highest BCUT2D eigenvalue weighted by atomic mass is 35.5. The minimum absolute atomic E-state index is 0. The first-order valence-electron chi connectivity index (χ1n) is 10.9. The van der Waals surface area contributed by atoms with Gasteiger partial charge >= 0.3 is 0 Å². The van der Waals surface area contributed by atoms with Gasteiger partial charge in [0.05, 0.1) is 24.3 Å². The van der Waals surface area contributed by atoms with Gasteiger partial charge in [0.1, 0.15) is 22.9 Å². The van der Waals surface area contributed by atoms with Crippen molar-refractivity contribution in [2.45, 2.75) is 26.8 Å². The predicted molar refractivity (Wildman–Crippen MR) is 131 cm³/mol. The van der Waals surface area contributed by atoms with E-state index >= 15 is 0 Å². The maximum Gasteiger partial charge on any atom is 0.229 e. The number of rotatable bonds is 5. The summed E-state index contributed by atoms with van der Waals surface area (Å²) in [4.78, 5) is 28.5. The lowest BCUT2D eigenvalue weighted by atomic mass is 10.3. The molecule has 2 N–H and O–H groups in total. The molecule has 34 heavy (non-hydrogen) atoms. The monoisotopic (exact) mass is 484 g/mol. The van der Waals surface area contributed by atoms with Crippen LogP contribution in [0.2, 0.25) is 0 Å². The van der Waals surface area contributed by atoms with Crippen LogP contribution < -0.4 is 15.5 Å². The van der Waals surface area contributed by atoms with E-state index in [0.29, 0.717) is 17.0 Å². The highest BCUT2D eigenvalue weighted by Crippen LogP contribution is 2.24. The van der Waals surface area contributed by atoms with E-state index in [0.717, 1.165) is 43.9 Å². The third-order valence-corrected chi connectivity index (χ3v) is 5.55. The van der Waals surface area contributed by atoms with Gasteiger partial charge in [-0.25, -0.2) is 34.3 Å². The lowest BCUT2D eigenvalue weighted by Crippen LogP contribution is -2.43. The molecule has 0 aliphatic carbocycles. The fraction of sp³-hybridized carbons (Fsp3) is 0.364. The van der Waals surface area contributed by atoms with Crippen molar-refractivity contribution < 1.29 is 4.39 Å². The molecule has 10 nitrogen and oxygen atoms in total.